The molecule has 0 radical (unpaired) electrons. The molecule has 140 valence electrons. The molecule has 1 aromatic carbocycles. The van der Waals surface area contributed by atoms with Crippen LogP contribution in [0.25, 0.3) is 5.82 Å². The highest BCUT2D eigenvalue weighted by molar-refractivity contribution is 6.33. The minimum Gasteiger partial charge on any atom is -0.368 e. The van der Waals surface area contributed by atoms with Crippen molar-refractivity contribution in [3.63, 3.8) is 0 Å². The van der Waals surface area contributed by atoms with E-state index in [1.165, 1.54) is 0 Å². The molecule has 27 heavy (non-hydrogen) atoms. The maximum atomic E-state index is 11.9. The summed E-state index contributed by atoms with van der Waals surface area (Å²) >= 11 is 6.02. The van der Waals surface area contributed by atoms with Gasteiger partial charge in [0, 0.05) is 31.5 Å². The Kier molecular flexibility index (Phi) is 5.87. The summed E-state index contributed by atoms with van der Waals surface area (Å²) in [6.45, 7) is 4.66. The molecule has 2 aromatic heterocycles. The van der Waals surface area contributed by atoms with E-state index in [1.807, 2.05) is 30.7 Å². The van der Waals surface area contributed by atoms with E-state index in [2.05, 4.69) is 30.9 Å². The van der Waals surface area contributed by atoms with Gasteiger partial charge in [-0.2, -0.15) is 0 Å². The lowest BCUT2D eigenvalue weighted by atomic mass is 10.3. The summed E-state index contributed by atoms with van der Waals surface area (Å²) in [7, 11) is 0. The van der Waals surface area contributed by atoms with Gasteiger partial charge >= 0.3 is 6.03 Å². The Balaban J connectivity index is 1.52. The van der Waals surface area contributed by atoms with Crippen molar-refractivity contribution in [1.82, 2.24) is 24.8 Å². The van der Waals surface area contributed by atoms with Gasteiger partial charge in [-0.25, -0.2) is 19.7 Å². The average Bonchev–Trinajstić information content (AvgIpc) is 3.06. The topological polar surface area (TPSA) is 96.8 Å². The number of aryl methyl sites for hydroxylation is 2. The van der Waals surface area contributed by atoms with E-state index in [1.54, 1.807) is 30.5 Å². The van der Waals surface area contributed by atoms with Crippen LogP contribution in [0, 0.1) is 13.8 Å². The average molecular weight is 386 g/mol. The summed E-state index contributed by atoms with van der Waals surface area (Å²) < 4.78 is 1.88. The number of benzene rings is 1. The molecule has 0 fully saturated rings. The van der Waals surface area contributed by atoms with Gasteiger partial charge in [0.2, 0.25) is 0 Å². The SMILES string of the molecule is Cc1nc(NCCNC(=O)Nc2ccccc2Cl)cc(-n2ccnc2C)n1. The zero-order valence-corrected chi connectivity index (χ0v) is 15.8. The molecule has 8 nitrogen and oxygen atoms in total. The van der Waals surface area contributed by atoms with Crippen LogP contribution in [0.1, 0.15) is 11.6 Å². The normalized spacial score (nSPS) is 10.5. The lowest BCUT2D eigenvalue weighted by Gasteiger charge is -2.11. The largest absolute Gasteiger partial charge is 0.368 e. The number of anilines is 2. The van der Waals surface area contributed by atoms with Gasteiger partial charge in [0.15, 0.2) is 0 Å². The molecule has 0 saturated heterocycles. The lowest BCUT2D eigenvalue weighted by Crippen LogP contribution is -2.32. The summed E-state index contributed by atoms with van der Waals surface area (Å²) in [6, 6.07) is 8.59. The van der Waals surface area contributed by atoms with Crippen LogP contribution in [0.4, 0.5) is 16.3 Å². The Bertz CT molecular complexity index is 941. The molecule has 3 N–H and O–H groups in total. The van der Waals surface area contributed by atoms with Gasteiger partial charge in [-0.05, 0) is 26.0 Å². The molecule has 0 aliphatic carbocycles. The molecule has 0 saturated carbocycles. The van der Waals surface area contributed by atoms with E-state index in [0.717, 1.165) is 11.6 Å². The maximum absolute atomic E-state index is 11.9. The van der Waals surface area contributed by atoms with Gasteiger partial charge in [0.05, 0.1) is 10.7 Å². The quantitative estimate of drug-likeness (QED) is 0.566. The first kappa shape index (κ1) is 18.7. The second-order valence-corrected chi connectivity index (χ2v) is 6.20. The predicted molar refractivity (Wildman–Crippen MR) is 106 cm³/mol. The van der Waals surface area contributed by atoms with Gasteiger partial charge in [-0.3, -0.25) is 4.57 Å². The molecule has 0 spiro atoms. The van der Waals surface area contributed by atoms with Crippen molar-refractivity contribution in [3.8, 4) is 5.82 Å². The number of rotatable bonds is 6. The van der Waals surface area contributed by atoms with Crippen molar-refractivity contribution < 1.29 is 4.79 Å². The number of imidazole rings is 1. The van der Waals surface area contributed by atoms with E-state index in [9.17, 15) is 4.79 Å². The first-order chi connectivity index (χ1) is 13.0. The van der Waals surface area contributed by atoms with Gasteiger partial charge < -0.3 is 16.0 Å². The van der Waals surface area contributed by atoms with Gasteiger partial charge in [0.1, 0.15) is 23.3 Å². The summed E-state index contributed by atoms with van der Waals surface area (Å²) in [5.41, 5.74) is 0.566. The van der Waals surface area contributed by atoms with E-state index >= 15 is 0 Å². The first-order valence-corrected chi connectivity index (χ1v) is 8.80. The third kappa shape index (κ3) is 4.95. The number of amides is 2. The minimum absolute atomic E-state index is 0.321. The van der Waals surface area contributed by atoms with Crippen LogP contribution in [0.3, 0.4) is 0 Å². The first-order valence-electron chi connectivity index (χ1n) is 8.42. The van der Waals surface area contributed by atoms with Crippen LogP contribution < -0.4 is 16.0 Å². The number of nitrogens with one attached hydrogen (secondary N) is 3. The Hall–Kier alpha value is -3.13. The molecule has 2 heterocycles. The van der Waals surface area contributed by atoms with Crippen molar-refractivity contribution in [3.05, 3.63) is 59.4 Å². The highest BCUT2D eigenvalue weighted by Crippen LogP contribution is 2.20. The number of aromatic nitrogens is 4. The monoisotopic (exact) mass is 385 g/mol. The van der Waals surface area contributed by atoms with Gasteiger partial charge in [-0.1, -0.05) is 23.7 Å². The standard InChI is InChI=1S/C18H20ClN7O/c1-12-23-16(11-17(24-12)26-10-9-20-13(26)2)21-7-8-22-18(27)25-15-6-4-3-5-14(15)19/h3-6,9-11H,7-8H2,1-2H3,(H,21,23,24)(H2,22,25,27). The number of para-hydroxylation sites is 1. The Labute approximate surface area is 162 Å². The summed E-state index contributed by atoms with van der Waals surface area (Å²) in [6.07, 6.45) is 3.57. The summed E-state index contributed by atoms with van der Waals surface area (Å²) in [5.74, 6) is 2.91. The molecule has 0 bridgehead atoms. The van der Waals surface area contributed by atoms with E-state index in [4.69, 9.17) is 11.6 Å². The van der Waals surface area contributed by atoms with E-state index in [-0.39, 0.29) is 6.03 Å². The number of urea groups is 1. The molecule has 0 atom stereocenters. The van der Waals surface area contributed by atoms with Crippen molar-refractivity contribution >= 4 is 29.1 Å². The van der Waals surface area contributed by atoms with Crippen molar-refractivity contribution in [2.24, 2.45) is 0 Å². The van der Waals surface area contributed by atoms with Crippen LogP contribution in [-0.2, 0) is 0 Å². The summed E-state index contributed by atoms with van der Waals surface area (Å²) in [4.78, 5) is 24.9. The predicted octanol–water partition coefficient (Wildman–Crippen LogP) is 3.17. The fraction of sp³-hybridized carbons (Fsp3) is 0.222. The molecular formula is C18H20ClN7O. The number of nitrogens with zero attached hydrogens (tertiary/aromatic N) is 4. The molecule has 3 rings (SSSR count). The fourth-order valence-electron chi connectivity index (χ4n) is 2.48. The lowest BCUT2D eigenvalue weighted by molar-refractivity contribution is 0.252. The highest BCUT2D eigenvalue weighted by atomic mass is 35.5. The molecule has 9 heteroatoms. The van der Waals surface area contributed by atoms with Crippen molar-refractivity contribution in [2.45, 2.75) is 13.8 Å². The Morgan fingerprint density at radius 1 is 1.19 bits per heavy atom. The third-order valence-corrected chi connectivity index (χ3v) is 4.07. The van der Waals surface area contributed by atoms with Crippen molar-refractivity contribution in [1.29, 1.82) is 0 Å². The molecular weight excluding hydrogens is 366 g/mol. The third-order valence-electron chi connectivity index (χ3n) is 3.74. The maximum Gasteiger partial charge on any atom is 0.319 e. The molecule has 0 unspecified atom stereocenters. The van der Waals surface area contributed by atoms with Crippen LogP contribution in [0.2, 0.25) is 5.02 Å². The molecule has 0 aliphatic heterocycles. The minimum atomic E-state index is -0.321. The fourth-order valence-corrected chi connectivity index (χ4v) is 2.66. The van der Waals surface area contributed by atoms with Crippen molar-refractivity contribution in [2.75, 3.05) is 23.7 Å². The zero-order valence-electron chi connectivity index (χ0n) is 15.0. The second kappa shape index (κ2) is 8.50. The van der Waals surface area contributed by atoms with E-state index < -0.39 is 0 Å². The number of carbonyl (C=O) groups is 1. The summed E-state index contributed by atoms with van der Waals surface area (Å²) in [5, 5.41) is 9.15. The van der Waals surface area contributed by atoms with Crippen LogP contribution >= 0.6 is 11.6 Å². The number of halogens is 1. The number of hydrogen-bond acceptors (Lipinski definition) is 5. The van der Waals surface area contributed by atoms with Crippen LogP contribution in [-0.4, -0.2) is 38.6 Å². The second-order valence-electron chi connectivity index (χ2n) is 5.79. The zero-order chi connectivity index (χ0) is 19.2. The number of hydrogen-bond donors (Lipinski definition) is 3. The number of carbonyl (C=O) groups excluding carboxylic acids is 1. The van der Waals surface area contributed by atoms with Crippen LogP contribution in [0.15, 0.2) is 42.7 Å². The molecule has 3 aromatic rings. The van der Waals surface area contributed by atoms with Gasteiger partial charge in [-0.15, -0.1) is 0 Å². The Morgan fingerprint density at radius 3 is 2.74 bits per heavy atom. The molecule has 2 amide bonds. The van der Waals surface area contributed by atoms with Gasteiger partial charge in [0.25, 0.3) is 0 Å². The van der Waals surface area contributed by atoms with E-state index in [0.29, 0.717) is 35.4 Å². The highest BCUT2D eigenvalue weighted by Gasteiger charge is 2.07. The Morgan fingerprint density at radius 2 is 2.00 bits per heavy atom. The molecule has 0 aliphatic rings. The smallest absolute Gasteiger partial charge is 0.319 e. The van der Waals surface area contributed by atoms with Crippen LogP contribution in [0.5, 0.6) is 0 Å².